The van der Waals surface area contributed by atoms with Crippen LogP contribution < -0.4 is 0 Å². The highest BCUT2D eigenvalue weighted by molar-refractivity contribution is 5.94. The van der Waals surface area contributed by atoms with Gasteiger partial charge < -0.3 is 4.90 Å². The maximum absolute atomic E-state index is 12.7. The molecule has 0 aliphatic carbocycles. The minimum atomic E-state index is -0.499. The highest BCUT2D eigenvalue weighted by Gasteiger charge is 2.34. The number of aromatic nitrogens is 1. The van der Waals surface area contributed by atoms with Gasteiger partial charge in [0.25, 0.3) is 5.91 Å². The molecule has 1 atom stereocenters. The van der Waals surface area contributed by atoms with E-state index in [1.807, 2.05) is 20.8 Å². The molecule has 2 rings (SSSR count). The second-order valence-corrected chi connectivity index (χ2v) is 6.39. The number of hydroxylamine groups is 2. The Kier molecular flexibility index (Phi) is 5.13. The van der Waals surface area contributed by atoms with Crippen LogP contribution in [0.15, 0.2) is 24.5 Å². The molecule has 22 heavy (non-hydrogen) atoms. The Morgan fingerprint density at radius 1 is 1.45 bits per heavy atom. The molecular weight excluding hydrogens is 282 g/mol. The summed E-state index contributed by atoms with van der Waals surface area (Å²) in [7, 11) is 0. The van der Waals surface area contributed by atoms with E-state index >= 15 is 0 Å². The molecule has 0 saturated carbocycles. The standard InChI is InChI=1S/C16H23N3O3/c1-16(2,3)22-19(12-20)14-8-4-5-10-18(14)15(21)13-7-6-9-17-11-13/h6-7,9,11-12,14H,4-5,8,10H2,1-3H3. The van der Waals surface area contributed by atoms with Gasteiger partial charge in [0.2, 0.25) is 6.41 Å². The highest BCUT2D eigenvalue weighted by Crippen LogP contribution is 2.24. The van der Waals surface area contributed by atoms with Crippen molar-refractivity contribution in [3.8, 4) is 0 Å². The van der Waals surface area contributed by atoms with Crippen LogP contribution in [-0.2, 0) is 9.63 Å². The summed E-state index contributed by atoms with van der Waals surface area (Å²) in [6.45, 7) is 6.23. The molecule has 1 aromatic heterocycles. The van der Waals surface area contributed by atoms with Gasteiger partial charge in [-0.1, -0.05) is 0 Å². The molecule has 2 heterocycles. The Morgan fingerprint density at radius 2 is 2.23 bits per heavy atom. The van der Waals surface area contributed by atoms with E-state index in [2.05, 4.69) is 4.98 Å². The first-order valence-electron chi connectivity index (χ1n) is 7.56. The van der Waals surface area contributed by atoms with Gasteiger partial charge in [-0.05, 0) is 52.2 Å². The summed E-state index contributed by atoms with van der Waals surface area (Å²) in [6, 6.07) is 3.46. The number of nitrogens with zero attached hydrogens (tertiary/aromatic N) is 3. The van der Waals surface area contributed by atoms with Crippen LogP contribution in [0.5, 0.6) is 0 Å². The summed E-state index contributed by atoms with van der Waals surface area (Å²) >= 11 is 0. The van der Waals surface area contributed by atoms with E-state index in [9.17, 15) is 9.59 Å². The molecule has 120 valence electrons. The molecule has 0 radical (unpaired) electrons. The third-order valence-corrected chi connectivity index (χ3v) is 3.42. The van der Waals surface area contributed by atoms with Crippen molar-refractivity contribution in [2.45, 2.75) is 51.8 Å². The van der Waals surface area contributed by atoms with Gasteiger partial charge in [0.15, 0.2) is 0 Å². The number of carbonyl (C=O) groups is 2. The lowest BCUT2D eigenvalue weighted by molar-refractivity contribution is -0.251. The van der Waals surface area contributed by atoms with Gasteiger partial charge in [0, 0.05) is 18.9 Å². The highest BCUT2D eigenvalue weighted by atomic mass is 16.7. The van der Waals surface area contributed by atoms with Gasteiger partial charge in [-0.15, -0.1) is 0 Å². The van der Waals surface area contributed by atoms with Crippen molar-refractivity contribution in [3.63, 3.8) is 0 Å². The fourth-order valence-corrected chi connectivity index (χ4v) is 2.54. The fraction of sp³-hybridized carbons (Fsp3) is 0.562. The van der Waals surface area contributed by atoms with Crippen LogP contribution in [0.2, 0.25) is 0 Å². The summed E-state index contributed by atoms with van der Waals surface area (Å²) in [5.74, 6) is -0.123. The number of rotatable bonds is 4. The van der Waals surface area contributed by atoms with Crippen molar-refractivity contribution >= 4 is 12.3 Å². The molecular formula is C16H23N3O3. The van der Waals surface area contributed by atoms with E-state index in [-0.39, 0.29) is 12.1 Å². The summed E-state index contributed by atoms with van der Waals surface area (Å²) in [5.41, 5.74) is 0.0254. The predicted octanol–water partition coefficient (Wildman–Crippen LogP) is 2.22. The Morgan fingerprint density at radius 3 is 2.82 bits per heavy atom. The van der Waals surface area contributed by atoms with Gasteiger partial charge in [-0.3, -0.25) is 19.4 Å². The maximum Gasteiger partial charge on any atom is 0.257 e. The molecule has 1 aromatic rings. The first kappa shape index (κ1) is 16.4. The van der Waals surface area contributed by atoms with Crippen LogP contribution in [0.1, 0.15) is 50.4 Å². The zero-order valence-corrected chi connectivity index (χ0v) is 13.4. The first-order valence-corrected chi connectivity index (χ1v) is 7.56. The third-order valence-electron chi connectivity index (χ3n) is 3.42. The smallest absolute Gasteiger partial charge is 0.257 e. The molecule has 0 spiro atoms. The topological polar surface area (TPSA) is 62.7 Å². The van der Waals surface area contributed by atoms with Crippen molar-refractivity contribution in [2.24, 2.45) is 0 Å². The van der Waals surface area contributed by atoms with Gasteiger partial charge in [-0.2, -0.15) is 0 Å². The summed E-state index contributed by atoms with van der Waals surface area (Å²) < 4.78 is 0. The van der Waals surface area contributed by atoms with Crippen LogP contribution in [0.3, 0.4) is 0 Å². The van der Waals surface area contributed by atoms with E-state index in [0.717, 1.165) is 12.8 Å². The zero-order valence-electron chi connectivity index (χ0n) is 13.4. The van der Waals surface area contributed by atoms with E-state index in [0.29, 0.717) is 24.9 Å². The maximum atomic E-state index is 12.7. The number of likely N-dealkylation sites (tertiary alicyclic amines) is 1. The van der Waals surface area contributed by atoms with E-state index in [4.69, 9.17) is 4.84 Å². The second kappa shape index (κ2) is 6.87. The SMILES string of the molecule is CC(C)(C)ON(C=O)C1CCCCN1C(=O)c1cccnc1. The zero-order chi connectivity index (χ0) is 16.2. The number of pyridine rings is 1. The first-order chi connectivity index (χ1) is 10.4. The van der Waals surface area contributed by atoms with Crippen LogP contribution >= 0.6 is 0 Å². The number of piperidine rings is 1. The fourth-order valence-electron chi connectivity index (χ4n) is 2.54. The van der Waals surface area contributed by atoms with E-state index in [1.165, 1.54) is 5.06 Å². The average Bonchev–Trinajstić information content (AvgIpc) is 2.52. The Hall–Kier alpha value is -1.95. The number of hydrogen-bond acceptors (Lipinski definition) is 4. The molecule has 1 fully saturated rings. The summed E-state index contributed by atoms with van der Waals surface area (Å²) in [5, 5.41) is 1.27. The predicted molar refractivity (Wildman–Crippen MR) is 81.7 cm³/mol. The van der Waals surface area contributed by atoms with Crippen molar-refractivity contribution in [1.29, 1.82) is 0 Å². The largest absolute Gasteiger partial charge is 0.316 e. The molecule has 2 amide bonds. The summed E-state index contributed by atoms with van der Waals surface area (Å²) in [4.78, 5) is 35.5. The molecule has 1 unspecified atom stereocenters. The Labute approximate surface area is 131 Å². The number of amides is 2. The number of carbonyl (C=O) groups excluding carboxylic acids is 2. The Bertz CT molecular complexity index is 513. The molecule has 1 saturated heterocycles. The lowest BCUT2D eigenvalue weighted by atomic mass is 10.1. The number of hydrogen-bond donors (Lipinski definition) is 0. The van der Waals surface area contributed by atoms with Gasteiger partial charge >= 0.3 is 0 Å². The monoisotopic (exact) mass is 305 g/mol. The molecule has 1 aliphatic rings. The van der Waals surface area contributed by atoms with Crippen LogP contribution in [0.25, 0.3) is 0 Å². The second-order valence-electron chi connectivity index (χ2n) is 6.39. The Balaban J connectivity index is 2.20. The normalized spacial score (nSPS) is 18.9. The molecule has 1 aliphatic heterocycles. The van der Waals surface area contributed by atoms with Crippen LogP contribution in [0, 0.1) is 0 Å². The quantitative estimate of drug-likeness (QED) is 0.632. The molecule has 6 nitrogen and oxygen atoms in total. The van der Waals surface area contributed by atoms with Gasteiger partial charge in [0.05, 0.1) is 11.2 Å². The lowest BCUT2D eigenvalue weighted by Crippen LogP contribution is -2.54. The molecule has 6 heteroatoms. The van der Waals surface area contributed by atoms with E-state index < -0.39 is 5.60 Å². The molecule has 0 bridgehead atoms. The van der Waals surface area contributed by atoms with Crippen molar-refractivity contribution in [1.82, 2.24) is 14.9 Å². The van der Waals surface area contributed by atoms with Crippen molar-refractivity contribution in [2.75, 3.05) is 6.54 Å². The third kappa shape index (κ3) is 4.04. The minimum Gasteiger partial charge on any atom is -0.316 e. The van der Waals surface area contributed by atoms with Crippen LogP contribution in [0.4, 0.5) is 0 Å². The molecule has 0 aromatic carbocycles. The van der Waals surface area contributed by atoms with Gasteiger partial charge in [0.1, 0.15) is 6.17 Å². The lowest BCUT2D eigenvalue weighted by Gasteiger charge is -2.42. The van der Waals surface area contributed by atoms with Crippen molar-refractivity contribution < 1.29 is 14.4 Å². The summed E-state index contributed by atoms with van der Waals surface area (Å²) in [6.07, 6.45) is 6.04. The minimum absolute atomic E-state index is 0.123. The van der Waals surface area contributed by atoms with Crippen LogP contribution in [-0.4, -0.2) is 45.6 Å². The average molecular weight is 305 g/mol. The van der Waals surface area contributed by atoms with Gasteiger partial charge in [-0.25, -0.2) is 5.06 Å². The van der Waals surface area contributed by atoms with E-state index in [1.54, 1.807) is 29.4 Å². The molecule has 0 N–H and O–H groups in total. The van der Waals surface area contributed by atoms with Crippen molar-refractivity contribution in [3.05, 3.63) is 30.1 Å².